The lowest BCUT2D eigenvalue weighted by molar-refractivity contribution is 0.0943. The van der Waals surface area contributed by atoms with E-state index >= 15 is 0 Å². The van der Waals surface area contributed by atoms with Crippen molar-refractivity contribution in [1.82, 2.24) is 15.1 Å². The van der Waals surface area contributed by atoms with Crippen LogP contribution in [0.5, 0.6) is 0 Å². The molecular weight excluding hydrogens is 226 g/mol. The van der Waals surface area contributed by atoms with E-state index in [1.807, 2.05) is 20.8 Å². The highest BCUT2D eigenvalue weighted by Crippen LogP contribution is 2.04. The zero-order valence-corrected chi connectivity index (χ0v) is 10.7. The molecule has 0 saturated carbocycles. The fourth-order valence-corrected chi connectivity index (χ4v) is 1.48. The van der Waals surface area contributed by atoms with Gasteiger partial charge in [-0.05, 0) is 26.3 Å². The molecule has 1 heterocycles. The molecule has 0 radical (unpaired) electrons. The third kappa shape index (κ3) is 3.23. The average molecular weight is 244 g/mol. The Hall–Kier alpha value is -1.03. The Morgan fingerprint density at radius 1 is 1.62 bits per heavy atom. The van der Waals surface area contributed by atoms with Crippen molar-refractivity contribution < 1.29 is 4.79 Å². The van der Waals surface area contributed by atoms with Gasteiger partial charge < -0.3 is 5.32 Å². The van der Waals surface area contributed by atoms with Gasteiger partial charge in [-0.25, -0.2) is 0 Å². The van der Waals surface area contributed by atoms with Crippen molar-refractivity contribution >= 4 is 17.5 Å². The van der Waals surface area contributed by atoms with Crippen LogP contribution >= 0.6 is 11.6 Å². The Bertz CT molecular complexity index is 362. The molecule has 0 aliphatic rings. The van der Waals surface area contributed by atoms with Crippen LogP contribution in [0.4, 0.5) is 0 Å². The number of carbonyl (C=O) groups is 1. The predicted molar refractivity (Wildman–Crippen MR) is 64.9 cm³/mol. The second kappa shape index (κ2) is 5.89. The summed E-state index contributed by atoms with van der Waals surface area (Å²) in [6, 6.07) is 1.79. The Labute approximate surface area is 101 Å². The van der Waals surface area contributed by atoms with Crippen LogP contribution in [0.1, 0.15) is 36.5 Å². The van der Waals surface area contributed by atoms with Gasteiger partial charge in [-0.1, -0.05) is 6.92 Å². The van der Waals surface area contributed by atoms with Gasteiger partial charge in [0, 0.05) is 13.1 Å². The molecule has 1 atom stereocenters. The van der Waals surface area contributed by atoms with E-state index < -0.39 is 0 Å². The van der Waals surface area contributed by atoms with E-state index in [0.29, 0.717) is 18.8 Å². The molecule has 1 aromatic rings. The summed E-state index contributed by atoms with van der Waals surface area (Å²) in [6.07, 6.45) is 0.841. The molecule has 0 aliphatic carbocycles. The molecule has 4 nitrogen and oxygen atoms in total. The minimum atomic E-state index is -0.110. The highest BCUT2D eigenvalue weighted by molar-refractivity contribution is 6.20. The first kappa shape index (κ1) is 13.0. The maximum Gasteiger partial charge on any atom is 0.269 e. The summed E-state index contributed by atoms with van der Waals surface area (Å²) in [5.41, 5.74) is 1.45. The van der Waals surface area contributed by atoms with Crippen molar-refractivity contribution in [2.24, 2.45) is 0 Å². The van der Waals surface area contributed by atoms with Crippen molar-refractivity contribution in [3.63, 3.8) is 0 Å². The van der Waals surface area contributed by atoms with Gasteiger partial charge in [-0.15, -0.1) is 11.6 Å². The standard InChI is InChI=1S/C11H18ClN3O/c1-4-9(12)7-13-11(16)10-6-8(3)14-15(10)5-2/h6,9H,4-5,7H2,1-3H3,(H,13,16). The zero-order chi connectivity index (χ0) is 12.1. The Morgan fingerprint density at radius 3 is 2.88 bits per heavy atom. The molecule has 16 heavy (non-hydrogen) atoms. The molecule has 5 heteroatoms. The summed E-state index contributed by atoms with van der Waals surface area (Å²) in [5, 5.41) is 7.02. The SMILES string of the molecule is CCC(Cl)CNC(=O)c1cc(C)nn1CC. The van der Waals surface area contributed by atoms with Crippen LogP contribution in [0.2, 0.25) is 0 Å². The fraction of sp³-hybridized carbons (Fsp3) is 0.636. The summed E-state index contributed by atoms with van der Waals surface area (Å²) < 4.78 is 1.69. The molecule has 0 saturated heterocycles. The molecule has 1 aromatic heterocycles. The van der Waals surface area contributed by atoms with Gasteiger partial charge >= 0.3 is 0 Å². The number of hydrogen-bond acceptors (Lipinski definition) is 2. The number of halogens is 1. The van der Waals surface area contributed by atoms with Crippen LogP contribution < -0.4 is 5.32 Å². The van der Waals surface area contributed by atoms with E-state index in [1.165, 1.54) is 0 Å². The third-order valence-electron chi connectivity index (χ3n) is 2.36. The average Bonchev–Trinajstić information content (AvgIpc) is 2.66. The summed E-state index contributed by atoms with van der Waals surface area (Å²) in [6.45, 7) is 7.00. The number of hydrogen-bond donors (Lipinski definition) is 1. The lowest BCUT2D eigenvalue weighted by Crippen LogP contribution is -2.31. The molecule has 0 fully saturated rings. The maximum atomic E-state index is 11.8. The minimum Gasteiger partial charge on any atom is -0.349 e. The number of aromatic nitrogens is 2. The Morgan fingerprint density at radius 2 is 2.31 bits per heavy atom. The molecule has 1 rings (SSSR count). The molecule has 1 N–H and O–H groups in total. The summed E-state index contributed by atoms with van der Waals surface area (Å²) in [5.74, 6) is -0.110. The van der Waals surface area contributed by atoms with E-state index in [1.54, 1.807) is 10.7 Å². The highest BCUT2D eigenvalue weighted by Gasteiger charge is 2.13. The van der Waals surface area contributed by atoms with Gasteiger partial charge in [0.1, 0.15) is 5.69 Å². The molecule has 90 valence electrons. The van der Waals surface area contributed by atoms with Gasteiger partial charge in [0.2, 0.25) is 0 Å². The molecule has 0 aliphatic heterocycles. The van der Waals surface area contributed by atoms with Gasteiger partial charge in [0.15, 0.2) is 0 Å². The lowest BCUT2D eigenvalue weighted by atomic mass is 10.3. The van der Waals surface area contributed by atoms with Crippen molar-refractivity contribution in [2.75, 3.05) is 6.54 Å². The minimum absolute atomic E-state index is 0.0111. The van der Waals surface area contributed by atoms with Crippen LogP contribution in [-0.2, 0) is 6.54 Å². The van der Waals surface area contributed by atoms with Crippen molar-refractivity contribution in [3.05, 3.63) is 17.5 Å². The molecule has 0 aromatic carbocycles. The Balaban J connectivity index is 2.65. The third-order valence-corrected chi connectivity index (χ3v) is 2.82. The highest BCUT2D eigenvalue weighted by atomic mass is 35.5. The van der Waals surface area contributed by atoms with Crippen molar-refractivity contribution in [1.29, 1.82) is 0 Å². The van der Waals surface area contributed by atoms with Gasteiger partial charge in [0.25, 0.3) is 5.91 Å². The summed E-state index contributed by atoms with van der Waals surface area (Å²) in [4.78, 5) is 11.8. The van der Waals surface area contributed by atoms with Crippen LogP contribution in [0.3, 0.4) is 0 Å². The lowest BCUT2D eigenvalue weighted by Gasteiger charge is -2.09. The van der Waals surface area contributed by atoms with E-state index in [-0.39, 0.29) is 11.3 Å². The number of amides is 1. The zero-order valence-electron chi connectivity index (χ0n) is 9.96. The van der Waals surface area contributed by atoms with E-state index in [9.17, 15) is 4.79 Å². The first-order valence-electron chi connectivity index (χ1n) is 5.55. The van der Waals surface area contributed by atoms with Crippen LogP contribution in [0.15, 0.2) is 6.07 Å². The smallest absolute Gasteiger partial charge is 0.269 e. The van der Waals surface area contributed by atoms with E-state index in [2.05, 4.69) is 10.4 Å². The fourth-order valence-electron chi connectivity index (χ4n) is 1.41. The summed E-state index contributed by atoms with van der Waals surface area (Å²) in [7, 11) is 0. The molecular formula is C11H18ClN3O. The first-order chi connectivity index (χ1) is 7.58. The van der Waals surface area contributed by atoms with Gasteiger partial charge in [0.05, 0.1) is 11.1 Å². The second-order valence-corrected chi connectivity index (χ2v) is 4.32. The van der Waals surface area contributed by atoms with Gasteiger partial charge in [-0.2, -0.15) is 5.10 Å². The largest absolute Gasteiger partial charge is 0.349 e. The molecule has 1 amide bonds. The second-order valence-electron chi connectivity index (χ2n) is 3.70. The number of nitrogens with one attached hydrogen (secondary N) is 1. The first-order valence-corrected chi connectivity index (χ1v) is 5.98. The number of alkyl halides is 1. The number of rotatable bonds is 5. The molecule has 0 spiro atoms. The predicted octanol–water partition coefficient (Wildman–Crippen LogP) is 1.96. The Kier molecular flexibility index (Phi) is 4.80. The normalized spacial score (nSPS) is 12.5. The van der Waals surface area contributed by atoms with Crippen LogP contribution in [-0.4, -0.2) is 27.6 Å². The quantitative estimate of drug-likeness (QED) is 0.804. The van der Waals surface area contributed by atoms with Crippen LogP contribution in [0.25, 0.3) is 0 Å². The van der Waals surface area contributed by atoms with Crippen LogP contribution in [0, 0.1) is 6.92 Å². The molecule has 1 unspecified atom stereocenters. The topological polar surface area (TPSA) is 46.9 Å². The number of aryl methyl sites for hydroxylation is 2. The molecule has 0 bridgehead atoms. The van der Waals surface area contributed by atoms with E-state index in [4.69, 9.17) is 11.6 Å². The van der Waals surface area contributed by atoms with Gasteiger partial charge in [-0.3, -0.25) is 9.48 Å². The number of nitrogens with zero attached hydrogens (tertiary/aromatic N) is 2. The number of carbonyl (C=O) groups excluding carboxylic acids is 1. The summed E-state index contributed by atoms with van der Waals surface area (Å²) >= 11 is 5.94. The maximum absolute atomic E-state index is 11.8. The monoisotopic (exact) mass is 243 g/mol. The van der Waals surface area contributed by atoms with Crippen molar-refractivity contribution in [2.45, 2.75) is 39.1 Å². The van der Waals surface area contributed by atoms with E-state index in [0.717, 1.165) is 12.1 Å². The van der Waals surface area contributed by atoms with Crippen molar-refractivity contribution in [3.8, 4) is 0 Å².